The fraction of sp³-hybridized carbons (Fsp3) is 0.318. The molecule has 2 aliphatic rings. The van der Waals surface area contributed by atoms with E-state index in [0.717, 1.165) is 25.6 Å². The molecule has 1 saturated heterocycles. The van der Waals surface area contributed by atoms with E-state index in [2.05, 4.69) is 30.2 Å². The number of fused-ring (bicyclic) bond motifs is 3. The van der Waals surface area contributed by atoms with Gasteiger partial charge in [-0.2, -0.15) is 9.97 Å². The van der Waals surface area contributed by atoms with E-state index in [4.69, 9.17) is 10.5 Å². The van der Waals surface area contributed by atoms with Crippen LogP contribution in [0.3, 0.4) is 0 Å². The second-order valence-electron chi connectivity index (χ2n) is 8.59. The SMILES string of the molecule is CNc1cc(F)cc2c1[nH]c1nc(Oc3cncc(F)c3)nc(N3CC(N)C4(CC4)C3)c12. The maximum Gasteiger partial charge on any atom is 0.326 e. The second-order valence-corrected chi connectivity index (χ2v) is 8.59. The predicted octanol–water partition coefficient (Wildman–Crippen LogP) is 3.55. The van der Waals surface area contributed by atoms with Gasteiger partial charge in [-0.1, -0.05) is 0 Å². The summed E-state index contributed by atoms with van der Waals surface area (Å²) < 4.78 is 33.7. The third-order valence-electron chi connectivity index (χ3n) is 6.54. The van der Waals surface area contributed by atoms with Gasteiger partial charge in [-0.3, -0.25) is 4.98 Å². The van der Waals surface area contributed by atoms with Gasteiger partial charge in [0.1, 0.15) is 23.1 Å². The van der Waals surface area contributed by atoms with E-state index >= 15 is 0 Å². The number of H-pyrrole nitrogens is 1. The van der Waals surface area contributed by atoms with E-state index < -0.39 is 5.82 Å². The van der Waals surface area contributed by atoms with Gasteiger partial charge in [-0.15, -0.1) is 0 Å². The molecule has 1 aromatic carbocycles. The largest absolute Gasteiger partial charge is 0.422 e. The van der Waals surface area contributed by atoms with Gasteiger partial charge >= 0.3 is 6.01 Å². The molecule has 4 aromatic rings. The zero-order valence-electron chi connectivity index (χ0n) is 17.3. The molecule has 0 bridgehead atoms. The summed E-state index contributed by atoms with van der Waals surface area (Å²) >= 11 is 0. The molecule has 6 rings (SSSR count). The number of nitrogens with one attached hydrogen (secondary N) is 2. The minimum absolute atomic E-state index is 0.0408. The lowest BCUT2D eigenvalue weighted by Crippen LogP contribution is -2.30. The van der Waals surface area contributed by atoms with E-state index in [9.17, 15) is 8.78 Å². The highest BCUT2D eigenvalue weighted by Gasteiger charge is 2.54. The fourth-order valence-electron chi connectivity index (χ4n) is 4.69. The Labute approximate surface area is 181 Å². The van der Waals surface area contributed by atoms with Crippen molar-refractivity contribution in [1.82, 2.24) is 19.9 Å². The number of anilines is 2. The molecule has 4 N–H and O–H groups in total. The third kappa shape index (κ3) is 2.94. The van der Waals surface area contributed by atoms with Crippen LogP contribution < -0.4 is 20.7 Å². The molecule has 1 spiro atoms. The van der Waals surface area contributed by atoms with E-state index in [1.54, 1.807) is 7.05 Å². The van der Waals surface area contributed by atoms with Crippen molar-refractivity contribution in [3.05, 3.63) is 42.2 Å². The number of pyridine rings is 1. The molecule has 1 aliphatic heterocycles. The monoisotopic (exact) mass is 437 g/mol. The quantitative estimate of drug-likeness (QED) is 0.448. The summed E-state index contributed by atoms with van der Waals surface area (Å²) in [5.41, 5.74) is 8.37. The fourth-order valence-corrected chi connectivity index (χ4v) is 4.69. The maximum atomic E-state index is 14.4. The third-order valence-corrected chi connectivity index (χ3v) is 6.54. The van der Waals surface area contributed by atoms with Crippen molar-refractivity contribution in [2.45, 2.75) is 18.9 Å². The van der Waals surface area contributed by atoms with Crippen molar-refractivity contribution < 1.29 is 13.5 Å². The number of nitrogens with zero attached hydrogens (tertiary/aromatic N) is 4. The van der Waals surface area contributed by atoms with Gasteiger partial charge in [0.2, 0.25) is 0 Å². The van der Waals surface area contributed by atoms with E-state index in [-0.39, 0.29) is 29.0 Å². The molecule has 1 aliphatic carbocycles. The molecule has 32 heavy (non-hydrogen) atoms. The second kappa shape index (κ2) is 6.73. The lowest BCUT2D eigenvalue weighted by Gasteiger charge is -2.19. The topological polar surface area (TPSA) is 105 Å². The zero-order valence-corrected chi connectivity index (χ0v) is 17.3. The summed E-state index contributed by atoms with van der Waals surface area (Å²) in [4.78, 5) is 18.4. The Balaban J connectivity index is 1.55. The van der Waals surface area contributed by atoms with Crippen molar-refractivity contribution in [3.63, 3.8) is 0 Å². The summed E-state index contributed by atoms with van der Waals surface area (Å²) in [5, 5.41) is 4.39. The Morgan fingerprint density at radius 1 is 1.19 bits per heavy atom. The van der Waals surface area contributed by atoms with Crippen LogP contribution in [0.4, 0.5) is 20.3 Å². The Bertz CT molecular complexity index is 1370. The van der Waals surface area contributed by atoms with Crippen LogP contribution in [0.1, 0.15) is 12.8 Å². The number of aromatic amines is 1. The van der Waals surface area contributed by atoms with Crippen LogP contribution in [0, 0.1) is 17.0 Å². The van der Waals surface area contributed by atoms with Gasteiger partial charge in [-0.05, 0) is 25.0 Å². The van der Waals surface area contributed by atoms with E-state index in [1.165, 1.54) is 24.4 Å². The first-order chi connectivity index (χ1) is 15.5. The number of rotatable bonds is 4. The molecular weight excluding hydrogens is 416 g/mol. The Morgan fingerprint density at radius 2 is 2.03 bits per heavy atom. The number of nitrogens with two attached hydrogens (primary N) is 1. The first kappa shape index (κ1) is 19.2. The van der Waals surface area contributed by atoms with Crippen LogP contribution in [0.5, 0.6) is 11.8 Å². The van der Waals surface area contributed by atoms with Crippen LogP contribution >= 0.6 is 0 Å². The Kier molecular flexibility index (Phi) is 4.03. The van der Waals surface area contributed by atoms with Crippen LogP contribution in [-0.2, 0) is 0 Å². The van der Waals surface area contributed by atoms with Crippen LogP contribution in [0.2, 0.25) is 0 Å². The zero-order chi connectivity index (χ0) is 22.0. The number of aromatic nitrogens is 4. The highest BCUT2D eigenvalue weighted by atomic mass is 19.1. The number of halogens is 2. The molecule has 0 amide bonds. The standard InChI is InChI=1S/C22H21F2N7O/c1-26-15-6-11(23)5-14-17-19(28-18(14)15)29-21(32-13-4-12(24)7-27-8-13)30-20(17)31-9-16(25)22(10-31)2-3-22/h4-8,16,26H,2-3,9-10,25H2,1H3,(H,28,29,30). The molecular formula is C22H21F2N7O. The van der Waals surface area contributed by atoms with Crippen molar-refractivity contribution in [2.24, 2.45) is 11.1 Å². The summed E-state index contributed by atoms with van der Waals surface area (Å²) in [5.74, 6) is -0.0842. The highest BCUT2D eigenvalue weighted by molar-refractivity contribution is 6.14. The van der Waals surface area contributed by atoms with Crippen LogP contribution in [0.25, 0.3) is 21.9 Å². The molecule has 10 heteroatoms. The van der Waals surface area contributed by atoms with Crippen LogP contribution in [0.15, 0.2) is 30.6 Å². The van der Waals surface area contributed by atoms with Gasteiger partial charge in [0.15, 0.2) is 5.75 Å². The minimum Gasteiger partial charge on any atom is -0.422 e. The minimum atomic E-state index is -0.523. The summed E-state index contributed by atoms with van der Waals surface area (Å²) in [6, 6.07) is 4.19. The molecule has 1 saturated carbocycles. The van der Waals surface area contributed by atoms with Crippen molar-refractivity contribution in [1.29, 1.82) is 0 Å². The average molecular weight is 437 g/mol. The van der Waals surface area contributed by atoms with Gasteiger partial charge in [0.25, 0.3) is 0 Å². The van der Waals surface area contributed by atoms with Crippen molar-refractivity contribution >= 4 is 33.4 Å². The highest BCUT2D eigenvalue weighted by Crippen LogP contribution is 2.53. The number of hydrogen-bond donors (Lipinski definition) is 3. The van der Waals surface area contributed by atoms with Gasteiger partial charge < -0.3 is 25.7 Å². The number of benzene rings is 1. The smallest absolute Gasteiger partial charge is 0.326 e. The van der Waals surface area contributed by atoms with Crippen molar-refractivity contribution in [3.8, 4) is 11.8 Å². The normalized spacial score (nSPS) is 19.2. The molecule has 8 nitrogen and oxygen atoms in total. The molecule has 0 radical (unpaired) electrons. The lowest BCUT2D eigenvalue weighted by molar-refractivity contribution is 0.437. The van der Waals surface area contributed by atoms with Crippen LogP contribution in [-0.4, -0.2) is 46.1 Å². The van der Waals surface area contributed by atoms with Gasteiger partial charge in [-0.25, -0.2) is 8.78 Å². The Morgan fingerprint density at radius 3 is 2.75 bits per heavy atom. The van der Waals surface area contributed by atoms with Crippen molar-refractivity contribution in [2.75, 3.05) is 30.4 Å². The predicted molar refractivity (Wildman–Crippen MR) is 117 cm³/mol. The molecule has 2 fully saturated rings. The average Bonchev–Trinajstić information content (AvgIpc) is 3.35. The maximum absolute atomic E-state index is 14.4. The molecule has 3 aromatic heterocycles. The molecule has 4 heterocycles. The van der Waals surface area contributed by atoms with E-state index in [0.29, 0.717) is 40.0 Å². The van der Waals surface area contributed by atoms with Gasteiger partial charge in [0, 0.05) is 43.0 Å². The molecule has 1 atom stereocenters. The summed E-state index contributed by atoms with van der Waals surface area (Å²) in [6.07, 6.45) is 4.66. The summed E-state index contributed by atoms with van der Waals surface area (Å²) in [6.45, 7) is 1.40. The number of ether oxygens (including phenoxy) is 1. The van der Waals surface area contributed by atoms with Gasteiger partial charge in [0.05, 0.1) is 29.0 Å². The molecule has 164 valence electrons. The first-order valence-corrected chi connectivity index (χ1v) is 10.5. The summed E-state index contributed by atoms with van der Waals surface area (Å²) in [7, 11) is 1.73. The lowest BCUT2D eigenvalue weighted by atomic mass is 10.0. The molecule has 1 unspecified atom stereocenters. The van der Waals surface area contributed by atoms with E-state index in [1.807, 2.05) is 0 Å². The first-order valence-electron chi connectivity index (χ1n) is 10.5. The Hall–Kier alpha value is -3.53. The number of hydrogen-bond acceptors (Lipinski definition) is 7.